The van der Waals surface area contributed by atoms with Crippen LogP contribution in [0.25, 0.3) is 0 Å². The lowest BCUT2D eigenvalue weighted by Gasteiger charge is -2.22. The van der Waals surface area contributed by atoms with Crippen LogP contribution in [-0.2, 0) is 0 Å². The van der Waals surface area contributed by atoms with E-state index in [1.807, 2.05) is 6.07 Å². The van der Waals surface area contributed by atoms with Crippen LogP contribution in [0.1, 0.15) is 39.5 Å². The second kappa shape index (κ2) is 7.33. The van der Waals surface area contributed by atoms with E-state index in [1.54, 1.807) is 0 Å². The lowest BCUT2D eigenvalue weighted by molar-refractivity contribution is 0.649. The van der Waals surface area contributed by atoms with Crippen molar-refractivity contribution in [3.05, 3.63) is 30.3 Å². The molecule has 1 aromatic rings. The van der Waals surface area contributed by atoms with Gasteiger partial charge in [0.2, 0.25) is 0 Å². The Balaban J connectivity index is 2.36. The normalized spacial score (nSPS) is 10.3. The largest absolute Gasteiger partial charge is 0.372 e. The molecule has 1 heteroatoms. The van der Waals surface area contributed by atoms with Gasteiger partial charge in [0, 0.05) is 18.8 Å². The molecular formula is C14H22N. The van der Waals surface area contributed by atoms with Crippen molar-refractivity contribution in [2.75, 3.05) is 18.0 Å². The van der Waals surface area contributed by atoms with Crippen molar-refractivity contribution >= 4 is 5.69 Å². The molecule has 0 amide bonds. The van der Waals surface area contributed by atoms with Gasteiger partial charge in [-0.15, -0.1) is 0 Å². The molecule has 0 unspecified atom stereocenters. The highest BCUT2D eigenvalue weighted by Crippen LogP contribution is 2.13. The molecule has 0 aromatic heterocycles. The highest BCUT2D eigenvalue weighted by molar-refractivity contribution is 5.45. The molecule has 0 N–H and O–H groups in total. The Kier molecular flexibility index (Phi) is 5.91. The summed E-state index contributed by atoms with van der Waals surface area (Å²) in [6.07, 6.45) is 5.32. The summed E-state index contributed by atoms with van der Waals surface area (Å²) in [5, 5.41) is 0. The van der Waals surface area contributed by atoms with Gasteiger partial charge in [-0.2, -0.15) is 0 Å². The summed E-state index contributed by atoms with van der Waals surface area (Å²) >= 11 is 0. The summed E-state index contributed by atoms with van der Waals surface area (Å²) in [4.78, 5) is 2.42. The minimum Gasteiger partial charge on any atom is -0.372 e. The van der Waals surface area contributed by atoms with Gasteiger partial charge in [-0.25, -0.2) is 0 Å². The fourth-order valence-corrected chi connectivity index (χ4v) is 1.78. The van der Waals surface area contributed by atoms with Crippen LogP contribution in [0, 0.1) is 6.07 Å². The van der Waals surface area contributed by atoms with Gasteiger partial charge >= 0.3 is 0 Å². The van der Waals surface area contributed by atoms with Crippen LogP contribution < -0.4 is 4.90 Å². The van der Waals surface area contributed by atoms with Crippen molar-refractivity contribution in [1.29, 1.82) is 0 Å². The van der Waals surface area contributed by atoms with Crippen LogP contribution in [0.2, 0.25) is 0 Å². The number of rotatable bonds is 7. The summed E-state index contributed by atoms with van der Waals surface area (Å²) in [5.74, 6) is 0. The Labute approximate surface area is 94.1 Å². The number of unbranched alkanes of at least 4 members (excludes halogenated alkanes) is 3. The molecule has 0 aliphatic carbocycles. The van der Waals surface area contributed by atoms with Crippen molar-refractivity contribution in [2.24, 2.45) is 0 Å². The number of anilines is 1. The van der Waals surface area contributed by atoms with Gasteiger partial charge in [0.25, 0.3) is 0 Å². The minimum absolute atomic E-state index is 1.09. The smallest absolute Gasteiger partial charge is 0.0372 e. The van der Waals surface area contributed by atoms with E-state index >= 15 is 0 Å². The van der Waals surface area contributed by atoms with E-state index in [4.69, 9.17) is 0 Å². The molecule has 0 spiro atoms. The van der Waals surface area contributed by atoms with Gasteiger partial charge < -0.3 is 4.90 Å². The first-order chi connectivity index (χ1) is 7.38. The monoisotopic (exact) mass is 204 g/mol. The quantitative estimate of drug-likeness (QED) is 0.609. The molecule has 0 bridgehead atoms. The lowest BCUT2D eigenvalue weighted by Crippen LogP contribution is -2.23. The Morgan fingerprint density at radius 1 is 1.20 bits per heavy atom. The topological polar surface area (TPSA) is 3.24 Å². The second-order valence-corrected chi connectivity index (χ2v) is 3.90. The van der Waals surface area contributed by atoms with Crippen molar-refractivity contribution < 1.29 is 0 Å². The van der Waals surface area contributed by atoms with Gasteiger partial charge in [0.15, 0.2) is 0 Å². The fraction of sp³-hybridized carbons (Fsp3) is 0.571. The summed E-state index contributed by atoms with van der Waals surface area (Å²) in [7, 11) is 0. The van der Waals surface area contributed by atoms with E-state index in [2.05, 4.69) is 43.0 Å². The van der Waals surface area contributed by atoms with Crippen LogP contribution in [0.4, 0.5) is 5.69 Å². The molecule has 0 saturated carbocycles. The van der Waals surface area contributed by atoms with Crippen LogP contribution in [-0.4, -0.2) is 13.1 Å². The zero-order chi connectivity index (χ0) is 10.9. The summed E-state index contributed by atoms with van der Waals surface area (Å²) in [6, 6.07) is 11.4. The molecule has 1 radical (unpaired) electrons. The molecule has 0 atom stereocenters. The standard InChI is InChI=1S/C14H22N/c1-3-5-6-10-13-15(4-2)14-11-8-7-9-12-14/h7-8,11-12H,3-6,10,13H2,1-2H3. The molecule has 0 aliphatic rings. The lowest BCUT2D eigenvalue weighted by atomic mass is 10.2. The molecule has 1 aromatic carbocycles. The van der Waals surface area contributed by atoms with Crippen LogP contribution >= 0.6 is 0 Å². The molecule has 15 heavy (non-hydrogen) atoms. The maximum Gasteiger partial charge on any atom is 0.0372 e. The molecule has 0 heterocycles. The Bertz CT molecular complexity index is 243. The van der Waals surface area contributed by atoms with Crippen LogP contribution in [0.15, 0.2) is 24.3 Å². The average molecular weight is 204 g/mol. The van der Waals surface area contributed by atoms with Gasteiger partial charge in [0.1, 0.15) is 0 Å². The summed E-state index contributed by atoms with van der Waals surface area (Å²) < 4.78 is 0. The third kappa shape index (κ3) is 4.37. The number of benzene rings is 1. The van der Waals surface area contributed by atoms with Crippen LogP contribution in [0.5, 0.6) is 0 Å². The zero-order valence-electron chi connectivity index (χ0n) is 10.00. The second-order valence-electron chi connectivity index (χ2n) is 3.90. The van der Waals surface area contributed by atoms with Gasteiger partial charge in [-0.3, -0.25) is 0 Å². The molecule has 0 fully saturated rings. The van der Waals surface area contributed by atoms with E-state index in [1.165, 1.54) is 37.9 Å². The van der Waals surface area contributed by atoms with E-state index in [0.717, 1.165) is 6.54 Å². The van der Waals surface area contributed by atoms with Crippen molar-refractivity contribution in [2.45, 2.75) is 39.5 Å². The first-order valence-corrected chi connectivity index (χ1v) is 6.09. The van der Waals surface area contributed by atoms with Gasteiger partial charge in [0.05, 0.1) is 0 Å². The van der Waals surface area contributed by atoms with E-state index < -0.39 is 0 Å². The van der Waals surface area contributed by atoms with Crippen molar-refractivity contribution in [3.63, 3.8) is 0 Å². The third-order valence-corrected chi connectivity index (χ3v) is 2.72. The first kappa shape index (κ1) is 12.1. The number of hydrogen-bond acceptors (Lipinski definition) is 1. The highest BCUT2D eigenvalue weighted by Gasteiger charge is 2.01. The molecule has 83 valence electrons. The molecule has 1 rings (SSSR count). The Morgan fingerprint density at radius 3 is 2.67 bits per heavy atom. The predicted octanol–water partition coefficient (Wildman–Crippen LogP) is 3.89. The maximum absolute atomic E-state index is 3.14. The number of nitrogens with zero attached hydrogens (tertiary/aromatic N) is 1. The SMILES string of the molecule is CCCCCCN(CC)c1c[c]ccc1. The molecule has 1 nitrogen and oxygen atoms in total. The zero-order valence-corrected chi connectivity index (χ0v) is 10.00. The molecule has 0 saturated heterocycles. The van der Waals surface area contributed by atoms with Crippen molar-refractivity contribution in [1.82, 2.24) is 0 Å². The fourth-order valence-electron chi connectivity index (χ4n) is 1.78. The van der Waals surface area contributed by atoms with E-state index in [9.17, 15) is 0 Å². The molecular weight excluding hydrogens is 182 g/mol. The maximum atomic E-state index is 3.14. The predicted molar refractivity (Wildman–Crippen MR) is 67.3 cm³/mol. The van der Waals surface area contributed by atoms with Crippen LogP contribution in [0.3, 0.4) is 0 Å². The summed E-state index contributed by atoms with van der Waals surface area (Å²) in [5.41, 5.74) is 1.30. The van der Waals surface area contributed by atoms with Gasteiger partial charge in [-0.1, -0.05) is 38.3 Å². The van der Waals surface area contributed by atoms with E-state index in [0.29, 0.717) is 0 Å². The minimum atomic E-state index is 1.09. The van der Waals surface area contributed by atoms with E-state index in [-0.39, 0.29) is 0 Å². The molecule has 0 aliphatic heterocycles. The highest BCUT2D eigenvalue weighted by atomic mass is 15.1. The average Bonchev–Trinajstić information content (AvgIpc) is 2.30. The summed E-state index contributed by atoms with van der Waals surface area (Å²) in [6.45, 7) is 6.73. The number of hydrogen-bond donors (Lipinski definition) is 0. The van der Waals surface area contributed by atoms with Gasteiger partial charge in [-0.05, 0) is 31.5 Å². The Hall–Kier alpha value is -0.980. The third-order valence-electron chi connectivity index (χ3n) is 2.72. The van der Waals surface area contributed by atoms with Crippen molar-refractivity contribution in [3.8, 4) is 0 Å². The first-order valence-electron chi connectivity index (χ1n) is 6.09. The Morgan fingerprint density at radius 2 is 2.07 bits per heavy atom.